The van der Waals surface area contributed by atoms with Crippen molar-refractivity contribution in [3.8, 4) is 0 Å². The molecule has 0 amide bonds. The van der Waals surface area contributed by atoms with Gasteiger partial charge in [0.2, 0.25) is 0 Å². The molecule has 0 atom stereocenters. The molecule has 0 saturated heterocycles. The van der Waals surface area contributed by atoms with E-state index in [-0.39, 0.29) is 0 Å². The molecule has 154 valence electrons. The van der Waals surface area contributed by atoms with E-state index in [1.54, 1.807) is 0 Å². The summed E-state index contributed by atoms with van der Waals surface area (Å²) in [7, 11) is 0. The van der Waals surface area contributed by atoms with Crippen LogP contribution in [0.2, 0.25) is 0 Å². The molecule has 0 spiro atoms. The van der Waals surface area contributed by atoms with E-state index in [1.807, 2.05) is 6.08 Å². The molecule has 0 bridgehead atoms. The van der Waals surface area contributed by atoms with Crippen LogP contribution < -0.4 is 0 Å². The molecule has 0 aliphatic heterocycles. The van der Waals surface area contributed by atoms with Crippen LogP contribution in [-0.4, -0.2) is 0 Å². The monoisotopic (exact) mass is 410 g/mol. The van der Waals surface area contributed by atoms with E-state index in [0.29, 0.717) is 0 Å². The van der Waals surface area contributed by atoms with Gasteiger partial charge in [0.25, 0.3) is 0 Å². The lowest BCUT2D eigenvalue weighted by molar-refractivity contribution is 1.73. The Morgan fingerprint density at radius 2 is 0.750 bits per heavy atom. The first-order valence-electron chi connectivity index (χ1n) is 10.7. The minimum atomic E-state index is 1.20. The predicted octanol–water partition coefficient (Wildman–Crippen LogP) is 9.43. The van der Waals surface area contributed by atoms with Crippen molar-refractivity contribution >= 4 is 49.2 Å². The van der Waals surface area contributed by atoms with Gasteiger partial charge in [-0.2, -0.15) is 0 Å². The highest BCUT2D eigenvalue weighted by Crippen LogP contribution is 2.26. The van der Waals surface area contributed by atoms with Crippen molar-refractivity contribution in [2.75, 3.05) is 0 Å². The summed E-state index contributed by atoms with van der Waals surface area (Å²) in [6, 6.07) is 40.7. The second kappa shape index (κ2) is 9.76. The van der Waals surface area contributed by atoms with Crippen molar-refractivity contribution in [2.45, 2.75) is 0 Å². The third-order valence-electron chi connectivity index (χ3n) is 5.61. The third kappa shape index (κ3) is 4.31. The minimum Gasteiger partial charge on any atom is -0.106 e. The molecule has 0 saturated carbocycles. The fraction of sp³-hybridized carbons (Fsp3) is 0. The maximum absolute atomic E-state index is 3.86. The number of benzene rings is 6. The lowest BCUT2D eigenvalue weighted by atomic mass is 10.00. The number of hydrogen-bond donors (Lipinski definition) is 0. The molecule has 6 aromatic rings. The Morgan fingerprint density at radius 3 is 1.16 bits per heavy atom. The Kier molecular flexibility index (Phi) is 6.43. The maximum Gasteiger partial charge on any atom is -0.0105 e. The summed E-state index contributed by atoms with van der Waals surface area (Å²) in [6.07, 6.45) is 1.91. The number of rotatable bonds is 1. The van der Waals surface area contributed by atoms with E-state index in [0.717, 1.165) is 0 Å². The van der Waals surface area contributed by atoms with Crippen molar-refractivity contribution in [3.63, 3.8) is 0 Å². The van der Waals surface area contributed by atoms with Crippen LogP contribution in [0.5, 0.6) is 0 Å². The highest BCUT2D eigenvalue weighted by atomic mass is 14.0. The van der Waals surface area contributed by atoms with Crippen LogP contribution in [0.1, 0.15) is 5.56 Å². The first kappa shape index (κ1) is 21.1. The van der Waals surface area contributed by atoms with Crippen molar-refractivity contribution in [2.24, 2.45) is 0 Å². The van der Waals surface area contributed by atoms with Gasteiger partial charge in [-0.05, 0) is 72.9 Å². The van der Waals surface area contributed by atoms with Gasteiger partial charge in [0, 0.05) is 0 Å². The molecule has 0 unspecified atom stereocenters. The molecule has 0 radical (unpaired) electrons. The molecular weight excluding hydrogens is 384 g/mol. The van der Waals surface area contributed by atoms with E-state index < -0.39 is 0 Å². The van der Waals surface area contributed by atoms with Gasteiger partial charge in [0.1, 0.15) is 0 Å². The Bertz CT molecular complexity index is 1420. The first-order valence-corrected chi connectivity index (χ1v) is 10.7. The van der Waals surface area contributed by atoms with Gasteiger partial charge < -0.3 is 0 Å². The fourth-order valence-electron chi connectivity index (χ4n) is 4.05. The Hall–Kier alpha value is -4.16. The van der Waals surface area contributed by atoms with Crippen molar-refractivity contribution in [1.29, 1.82) is 0 Å². The van der Waals surface area contributed by atoms with Gasteiger partial charge in [0.05, 0.1) is 0 Å². The van der Waals surface area contributed by atoms with Crippen LogP contribution in [0.15, 0.2) is 135 Å². The van der Waals surface area contributed by atoms with Gasteiger partial charge in [-0.1, -0.05) is 104 Å². The molecule has 0 aliphatic rings. The van der Waals surface area contributed by atoms with Gasteiger partial charge in [0.15, 0.2) is 0 Å². The summed E-state index contributed by atoms with van der Waals surface area (Å²) in [4.78, 5) is 0. The lowest BCUT2D eigenvalue weighted by Gasteiger charge is -2.04. The van der Waals surface area contributed by atoms with E-state index >= 15 is 0 Å². The van der Waals surface area contributed by atoms with Crippen LogP contribution in [0, 0.1) is 0 Å². The molecule has 0 N–H and O–H groups in total. The van der Waals surface area contributed by atoms with Gasteiger partial charge in [-0.3, -0.25) is 0 Å². The summed E-state index contributed by atoms with van der Waals surface area (Å²) in [5.74, 6) is 0. The van der Waals surface area contributed by atoms with Crippen molar-refractivity contribution in [3.05, 3.63) is 141 Å². The highest BCUT2D eigenvalue weighted by molar-refractivity contribution is 6.01. The molecule has 6 aromatic carbocycles. The Balaban J connectivity index is 0.000000143. The molecule has 0 heteroatoms. The zero-order valence-electron chi connectivity index (χ0n) is 18.2. The second-order valence-electron chi connectivity index (χ2n) is 7.52. The average molecular weight is 411 g/mol. The summed E-state index contributed by atoms with van der Waals surface area (Å²) in [6.45, 7) is 9.86. The van der Waals surface area contributed by atoms with E-state index in [9.17, 15) is 0 Å². The quantitative estimate of drug-likeness (QED) is 0.187. The molecule has 0 fully saturated rings. The van der Waals surface area contributed by atoms with E-state index in [1.165, 1.54) is 48.7 Å². The summed E-state index contributed by atoms with van der Waals surface area (Å²) >= 11 is 0. The van der Waals surface area contributed by atoms with Gasteiger partial charge >= 0.3 is 0 Å². The minimum absolute atomic E-state index is 1.20. The third-order valence-corrected chi connectivity index (χ3v) is 5.61. The van der Waals surface area contributed by atoms with Gasteiger partial charge in [-0.15, -0.1) is 13.2 Å². The molecule has 0 aromatic heterocycles. The SMILES string of the molecule is C=C.C=Cc1cccc2cc3ccccc3cc12.c1ccc2cc3ccccc3cc2c1. The maximum atomic E-state index is 3.86. The van der Waals surface area contributed by atoms with Gasteiger partial charge in [-0.25, -0.2) is 0 Å². The van der Waals surface area contributed by atoms with E-state index in [2.05, 4.69) is 135 Å². The van der Waals surface area contributed by atoms with E-state index in [4.69, 9.17) is 0 Å². The average Bonchev–Trinajstić information content (AvgIpc) is 2.87. The topological polar surface area (TPSA) is 0 Å². The van der Waals surface area contributed by atoms with Crippen molar-refractivity contribution < 1.29 is 0 Å². The van der Waals surface area contributed by atoms with Crippen LogP contribution in [-0.2, 0) is 0 Å². The second-order valence-corrected chi connectivity index (χ2v) is 7.52. The van der Waals surface area contributed by atoms with Crippen LogP contribution in [0.3, 0.4) is 0 Å². The molecule has 0 aliphatic carbocycles. The normalized spacial score (nSPS) is 10.2. The fourth-order valence-corrected chi connectivity index (χ4v) is 4.05. The van der Waals surface area contributed by atoms with Crippen LogP contribution in [0.4, 0.5) is 0 Å². The lowest BCUT2D eigenvalue weighted by Crippen LogP contribution is -1.79. The summed E-state index contributed by atoms with van der Waals surface area (Å²) < 4.78 is 0. The molecule has 0 nitrogen and oxygen atoms in total. The molecule has 0 heterocycles. The number of hydrogen-bond acceptors (Lipinski definition) is 0. The summed E-state index contributed by atoms with van der Waals surface area (Å²) in [5, 5.41) is 10.4. The predicted molar refractivity (Wildman–Crippen MR) is 144 cm³/mol. The Labute approximate surface area is 189 Å². The molecule has 6 rings (SSSR count). The highest BCUT2D eigenvalue weighted by Gasteiger charge is 2.00. The summed E-state index contributed by atoms with van der Waals surface area (Å²) in [5.41, 5.74) is 1.20. The largest absolute Gasteiger partial charge is 0.106 e. The zero-order chi connectivity index (χ0) is 22.3. The first-order chi connectivity index (χ1) is 15.8. The molecule has 32 heavy (non-hydrogen) atoms. The van der Waals surface area contributed by atoms with Crippen LogP contribution >= 0.6 is 0 Å². The smallest absolute Gasteiger partial charge is 0.0105 e. The standard InChI is InChI=1S/C16H12.C14H10.C2H4/c1-2-12-8-5-9-15-10-13-6-3-4-7-14(13)11-16(12)15;1-2-6-12-10-14-8-4-3-7-13(14)9-11(12)5-1;1-2/h2-11H,1H2;1-10H;1-2H2. The number of fused-ring (bicyclic) bond motifs is 4. The Morgan fingerprint density at radius 1 is 0.406 bits per heavy atom. The van der Waals surface area contributed by atoms with Crippen molar-refractivity contribution in [1.82, 2.24) is 0 Å². The molecular formula is C32H26. The van der Waals surface area contributed by atoms with Crippen LogP contribution in [0.25, 0.3) is 49.2 Å². The zero-order valence-corrected chi connectivity index (χ0v) is 18.2.